The van der Waals surface area contributed by atoms with Crippen LogP contribution in [0.4, 0.5) is 0 Å². The van der Waals surface area contributed by atoms with Crippen molar-refractivity contribution >= 4 is 22.1 Å². The van der Waals surface area contributed by atoms with Crippen molar-refractivity contribution in [1.29, 1.82) is 5.41 Å². The highest BCUT2D eigenvalue weighted by Crippen LogP contribution is 2.26. The number of hydrogen-bond acceptors (Lipinski definition) is 2. The van der Waals surface area contributed by atoms with Crippen LogP contribution in [0.15, 0.2) is 22.7 Å². The summed E-state index contributed by atoms with van der Waals surface area (Å²) < 4.78 is 6.64. The van der Waals surface area contributed by atoms with E-state index in [1.807, 2.05) is 0 Å². The molecule has 0 amide bonds. The van der Waals surface area contributed by atoms with Crippen molar-refractivity contribution in [2.24, 2.45) is 0 Å². The minimum atomic E-state index is 0.265. The van der Waals surface area contributed by atoms with Crippen LogP contribution in [0.3, 0.4) is 0 Å². The first-order valence-electron chi connectivity index (χ1n) is 4.67. The summed E-state index contributed by atoms with van der Waals surface area (Å²) in [5, 5.41) is 6.90. The van der Waals surface area contributed by atoms with Crippen LogP contribution in [0.25, 0.3) is 0 Å². The second-order valence-corrected chi connectivity index (χ2v) is 4.40. The lowest BCUT2D eigenvalue weighted by Gasteiger charge is -2.07. The molecule has 74 valence electrons. The number of benzene rings is 1. The summed E-state index contributed by atoms with van der Waals surface area (Å²) in [5.41, 5.74) is 2.75. The fraction of sp³-hybridized carbons (Fsp3) is 0.364. The summed E-state index contributed by atoms with van der Waals surface area (Å²) in [4.78, 5) is 0. The smallest absolute Gasteiger partial charge is 0.0815 e. The lowest BCUT2D eigenvalue weighted by Crippen LogP contribution is -2.13. The van der Waals surface area contributed by atoms with Crippen LogP contribution < -0.4 is 0 Å². The van der Waals surface area contributed by atoms with Crippen molar-refractivity contribution in [3.05, 3.63) is 33.8 Å². The third-order valence-electron chi connectivity index (χ3n) is 2.48. The molecule has 0 heterocycles. The molecule has 0 radical (unpaired) electrons. The minimum absolute atomic E-state index is 0.265. The van der Waals surface area contributed by atoms with Crippen LogP contribution >= 0.6 is 15.9 Å². The van der Waals surface area contributed by atoms with Gasteiger partial charge < -0.3 is 10.1 Å². The summed E-state index contributed by atoms with van der Waals surface area (Å²) in [6, 6.07) is 6.37. The highest BCUT2D eigenvalue weighted by atomic mass is 79.9. The fourth-order valence-corrected chi connectivity index (χ4v) is 2.26. The van der Waals surface area contributed by atoms with Crippen molar-refractivity contribution in [3.8, 4) is 0 Å². The molecule has 1 aromatic carbocycles. The molecule has 1 aromatic rings. The maximum atomic E-state index is 6.90. The predicted molar refractivity (Wildman–Crippen MR) is 60.1 cm³/mol. The standard InChI is InChI=1S/C11H12BrNO/c12-10-2-1-8-6-11(14-4-3-13)7-9(8)5-10/h1-3,5,11,13H,4,6-7H2. The van der Waals surface area contributed by atoms with Gasteiger partial charge in [0.1, 0.15) is 0 Å². The Morgan fingerprint density at radius 1 is 1.43 bits per heavy atom. The second kappa shape index (κ2) is 4.24. The molecular weight excluding hydrogens is 242 g/mol. The Kier molecular flexibility index (Phi) is 2.99. The third kappa shape index (κ3) is 2.04. The van der Waals surface area contributed by atoms with Crippen LogP contribution in [-0.2, 0) is 17.6 Å². The Bertz CT molecular complexity index is 351. The molecule has 2 nitrogen and oxygen atoms in total. The zero-order valence-electron chi connectivity index (χ0n) is 7.79. The first-order valence-corrected chi connectivity index (χ1v) is 5.46. The molecular formula is C11H12BrNO. The van der Waals surface area contributed by atoms with E-state index in [2.05, 4.69) is 34.1 Å². The van der Waals surface area contributed by atoms with E-state index in [4.69, 9.17) is 10.1 Å². The van der Waals surface area contributed by atoms with Gasteiger partial charge in [-0.05, 0) is 36.1 Å². The van der Waals surface area contributed by atoms with Gasteiger partial charge in [0.15, 0.2) is 0 Å². The van der Waals surface area contributed by atoms with Crippen molar-refractivity contribution in [3.63, 3.8) is 0 Å². The summed E-state index contributed by atoms with van der Waals surface area (Å²) >= 11 is 3.46. The quantitative estimate of drug-likeness (QED) is 0.826. The van der Waals surface area contributed by atoms with E-state index in [1.54, 1.807) is 0 Å². The van der Waals surface area contributed by atoms with Gasteiger partial charge in [-0.15, -0.1) is 0 Å². The molecule has 1 atom stereocenters. The molecule has 0 bridgehead atoms. The molecule has 0 saturated carbocycles. The lowest BCUT2D eigenvalue weighted by molar-refractivity contribution is 0.0917. The van der Waals surface area contributed by atoms with Crippen LogP contribution in [-0.4, -0.2) is 18.9 Å². The first-order chi connectivity index (χ1) is 6.79. The average molecular weight is 254 g/mol. The molecule has 0 fully saturated rings. The van der Waals surface area contributed by atoms with E-state index in [1.165, 1.54) is 17.3 Å². The fourth-order valence-electron chi connectivity index (χ4n) is 1.85. The van der Waals surface area contributed by atoms with Crippen molar-refractivity contribution in [2.45, 2.75) is 18.9 Å². The van der Waals surface area contributed by atoms with Crippen molar-refractivity contribution in [2.75, 3.05) is 6.61 Å². The van der Waals surface area contributed by atoms with E-state index in [0.29, 0.717) is 6.61 Å². The largest absolute Gasteiger partial charge is 0.372 e. The third-order valence-corrected chi connectivity index (χ3v) is 2.97. The zero-order valence-corrected chi connectivity index (χ0v) is 9.38. The van der Waals surface area contributed by atoms with Crippen LogP contribution in [0, 0.1) is 5.41 Å². The van der Waals surface area contributed by atoms with Crippen LogP contribution in [0.1, 0.15) is 11.1 Å². The number of halogens is 1. The van der Waals surface area contributed by atoms with Gasteiger partial charge in [-0.2, -0.15) is 0 Å². The van der Waals surface area contributed by atoms with Gasteiger partial charge in [0.05, 0.1) is 12.7 Å². The average Bonchev–Trinajstić information content (AvgIpc) is 2.56. The Morgan fingerprint density at radius 2 is 2.21 bits per heavy atom. The van der Waals surface area contributed by atoms with E-state index in [0.717, 1.165) is 17.3 Å². The van der Waals surface area contributed by atoms with Gasteiger partial charge in [0, 0.05) is 10.7 Å². The first kappa shape index (κ1) is 9.87. The molecule has 1 aliphatic rings. The van der Waals surface area contributed by atoms with Crippen LogP contribution in [0.5, 0.6) is 0 Å². The van der Waals surface area contributed by atoms with E-state index >= 15 is 0 Å². The van der Waals surface area contributed by atoms with Gasteiger partial charge in [0.2, 0.25) is 0 Å². The Labute approximate surface area is 91.9 Å². The Hall–Kier alpha value is -0.670. The van der Waals surface area contributed by atoms with Gasteiger partial charge in [-0.25, -0.2) is 0 Å². The minimum Gasteiger partial charge on any atom is -0.372 e. The zero-order chi connectivity index (χ0) is 9.97. The summed E-state index contributed by atoms with van der Waals surface area (Å²) in [6.45, 7) is 0.430. The molecule has 0 aliphatic heterocycles. The summed E-state index contributed by atoms with van der Waals surface area (Å²) in [5.74, 6) is 0. The highest BCUT2D eigenvalue weighted by Gasteiger charge is 2.21. The van der Waals surface area contributed by atoms with Gasteiger partial charge in [0.25, 0.3) is 0 Å². The second-order valence-electron chi connectivity index (χ2n) is 3.48. The van der Waals surface area contributed by atoms with E-state index in [-0.39, 0.29) is 6.10 Å². The molecule has 14 heavy (non-hydrogen) atoms. The predicted octanol–water partition coefficient (Wildman–Crippen LogP) is 2.58. The maximum absolute atomic E-state index is 6.90. The SMILES string of the molecule is N=CCOC1Cc2ccc(Br)cc2C1. The van der Waals surface area contributed by atoms with Gasteiger partial charge in [-0.1, -0.05) is 22.0 Å². The molecule has 0 aromatic heterocycles. The van der Waals surface area contributed by atoms with Crippen LogP contribution in [0.2, 0.25) is 0 Å². The number of fused-ring (bicyclic) bond motifs is 1. The molecule has 0 spiro atoms. The van der Waals surface area contributed by atoms with Gasteiger partial charge >= 0.3 is 0 Å². The maximum Gasteiger partial charge on any atom is 0.0815 e. The van der Waals surface area contributed by atoms with Gasteiger partial charge in [-0.3, -0.25) is 0 Å². The number of nitrogens with one attached hydrogen (secondary N) is 1. The molecule has 1 unspecified atom stereocenters. The normalized spacial score (nSPS) is 19.4. The molecule has 2 rings (SSSR count). The molecule has 1 N–H and O–H groups in total. The Balaban J connectivity index is 2.06. The number of ether oxygens (including phenoxy) is 1. The summed E-state index contributed by atoms with van der Waals surface area (Å²) in [7, 11) is 0. The van der Waals surface area contributed by atoms with E-state index in [9.17, 15) is 0 Å². The molecule has 0 saturated heterocycles. The Morgan fingerprint density at radius 3 is 3.00 bits per heavy atom. The topological polar surface area (TPSA) is 33.1 Å². The summed E-state index contributed by atoms with van der Waals surface area (Å²) in [6.07, 6.45) is 3.53. The number of rotatable bonds is 3. The van der Waals surface area contributed by atoms with Crippen molar-refractivity contribution in [1.82, 2.24) is 0 Å². The lowest BCUT2D eigenvalue weighted by atomic mass is 10.1. The monoisotopic (exact) mass is 253 g/mol. The molecule has 1 aliphatic carbocycles. The van der Waals surface area contributed by atoms with E-state index < -0.39 is 0 Å². The molecule has 3 heteroatoms. The van der Waals surface area contributed by atoms with Crippen molar-refractivity contribution < 1.29 is 4.74 Å². The highest BCUT2D eigenvalue weighted by molar-refractivity contribution is 9.10. The number of hydrogen-bond donors (Lipinski definition) is 1.